The number of nitrogens with zero attached hydrogens (tertiary/aromatic N) is 2. The molecule has 308 valence electrons. The molecule has 13 nitrogen and oxygen atoms in total. The first kappa shape index (κ1) is 41.2. The van der Waals surface area contributed by atoms with Crippen molar-refractivity contribution in [1.82, 2.24) is 20.3 Å². The largest absolute Gasteiger partial charge is 0.460 e. The van der Waals surface area contributed by atoms with E-state index in [-0.39, 0.29) is 42.8 Å². The second-order valence-corrected chi connectivity index (χ2v) is 17.2. The minimum absolute atomic E-state index is 0.0220. The molecule has 1 heterocycles. The van der Waals surface area contributed by atoms with Gasteiger partial charge in [0, 0.05) is 49.6 Å². The third-order valence-corrected chi connectivity index (χ3v) is 13.5. The van der Waals surface area contributed by atoms with Crippen molar-refractivity contribution in [3.8, 4) is 11.1 Å². The fraction of sp³-hybridized carbons (Fsp3) is 0.333. The molecule has 0 bridgehead atoms. The molecule has 4 aromatic rings. The number of ether oxygens (including phenoxy) is 2. The van der Waals surface area contributed by atoms with E-state index in [0.717, 1.165) is 39.7 Å². The maximum absolute atomic E-state index is 14.1. The molecule has 7 rings (SSSR count). The number of carbonyl (C=O) groups is 4. The van der Waals surface area contributed by atoms with Crippen LogP contribution in [0.4, 0.5) is 10.5 Å². The quantitative estimate of drug-likeness (QED) is 0.113. The predicted molar refractivity (Wildman–Crippen MR) is 225 cm³/mol. The second kappa shape index (κ2) is 17.9. The zero-order valence-electron chi connectivity index (χ0n) is 33.1. The summed E-state index contributed by atoms with van der Waals surface area (Å²) in [4.78, 5) is 51.6. The average Bonchev–Trinajstić information content (AvgIpc) is 3.93. The molecule has 4 aromatic carbocycles. The topological polar surface area (TPSA) is 163 Å². The van der Waals surface area contributed by atoms with Gasteiger partial charge in [-0.15, -0.1) is 6.58 Å². The summed E-state index contributed by atoms with van der Waals surface area (Å²) >= 11 is 0. The summed E-state index contributed by atoms with van der Waals surface area (Å²) in [6.07, 6.45) is 5.71. The lowest BCUT2D eigenvalue weighted by molar-refractivity contribution is -0.142. The first-order chi connectivity index (χ1) is 28.5. The van der Waals surface area contributed by atoms with Gasteiger partial charge in [-0.3, -0.25) is 14.4 Å². The van der Waals surface area contributed by atoms with Gasteiger partial charge in [0.2, 0.25) is 21.8 Å². The van der Waals surface area contributed by atoms with Crippen molar-refractivity contribution in [2.45, 2.75) is 17.2 Å². The SMILES string of the molecule is C=C[C@@H]1C[C@H](/C=C/COC(=O)CNC(=O)CNC(=O)CNC(=O)OCC2c3ccccc3-c3ccccc32)[C@@H]2CN(S(=O)(=O)c3cccc4c(N(C)C)cccc34)C[C@@H]21. The number of hydrogen-bond acceptors (Lipinski definition) is 9. The smallest absolute Gasteiger partial charge is 0.407 e. The van der Waals surface area contributed by atoms with Crippen LogP contribution in [-0.2, 0) is 33.9 Å². The van der Waals surface area contributed by atoms with E-state index in [1.54, 1.807) is 22.5 Å². The molecule has 0 unspecified atom stereocenters. The Hall–Kier alpha value is -5.99. The zero-order chi connectivity index (χ0) is 41.7. The number of fused-ring (bicyclic) bond motifs is 5. The van der Waals surface area contributed by atoms with Crippen molar-refractivity contribution in [3.05, 3.63) is 121 Å². The number of nitrogens with one attached hydrogen (secondary N) is 3. The Labute approximate surface area is 344 Å². The van der Waals surface area contributed by atoms with Gasteiger partial charge in [-0.2, -0.15) is 4.31 Å². The van der Waals surface area contributed by atoms with E-state index >= 15 is 0 Å². The van der Waals surface area contributed by atoms with Crippen LogP contribution >= 0.6 is 0 Å². The maximum atomic E-state index is 14.1. The number of benzene rings is 4. The summed E-state index contributed by atoms with van der Waals surface area (Å²) in [5.41, 5.74) is 5.29. The van der Waals surface area contributed by atoms with E-state index in [1.165, 1.54) is 0 Å². The normalized spacial score (nSPS) is 19.8. The van der Waals surface area contributed by atoms with Crippen LogP contribution in [0.3, 0.4) is 0 Å². The third-order valence-electron chi connectivity index (χ3n) is 11.6. The molecule has 2 fully saturated rings. The highest BCUT2D eigenvalue weighted by atomic mass is 32.2. The first-order valence-electron chi connectivity index (χ1n) is 19.7. The number of anilines is 1. The Kier molecular flexibility index (Phi) is 12.5. The van der Waals surface area contributed by atoms with Crippen molar-refractivity contribution in [2.75, 3.05) is 64.9 Å². The maximum Gasteiger partial charge on any atom is 0.407 e. The molecule has 0 spiro atoms. The first-order valence-corrected chi connectivity index (χ1v) is 21.2. The fourth-order valence-corrected chi connectivity index (χ4v) is 10.5. The number of sulfonamides is 1. The van der Waals surface area contributed by atoms with Gasteiger partial charge in [0.1, 0.15) is 26.3 Å². The number of alkyl carbamates (subject to hydrolysis) is 1. The molecule has 14 heteroatoms. The fourth-order valence-electron chi connectivity index (χ4n) is 8.79. The number of carbonyl (C=O) groups excluding carboxylic acids is 4. The second-order valence-electron chi connectivity index (χ2n) is 15.3. The lowest BCUT2D eigenvalue weighted by atomic mass is 9.90. The number of rotatable bonds is 15. The minimum atomic E-state index is -3.78. The van der Waals surface area contributed by atoms with Crippen LogP contribution in [0.5, 0.6) is 0 Å². The van der Waals surface area contributed by atoms with Crippen LogP contribution in [0.15, 0.2) is 115 Å². The summed E-state index contributed by atoms with van der Waals surface area (Å²) in [5, 5.41) is 8.77. The molecule has 0 aromatic heterocycles. The van der Waals surface area contributed by atoms with Crippen molar-refractivity contribution >= 4 is 50.4 Å². The highest BCUT2D eigenvalue weighted by Gasteiger charge is 2.49. The Bertz CT molecular complexity index is 2350. The Balaban J connectivity index is 0.812. The molecule has 4 atom stereocenters. The lowest BCUT2D eigenvalue weighted by Crippen LogP contribution is -2.43. The summed E-state index contributed by atoms with van der Waals surface area (Å²) in [6.45, 7) is 3.69. The standard InChI is InChI=1S/C45H49N5O8S/c1-4-29-22-30(38-27-50(26-37(29)38)59(55,56)41-20-10-17-35-36(41)18-9-19-40(35)49(2)3)12-11-21-57-44(53)25-47-42(51)23-46-43(52)24-48-45(54)58-28-39-33-15-7-5-13-31(33)32-14-6-8-16-34(32)39/h4-20,29-30,37-39H,1,21-28H2,2-3H3,(H,46,52)(H,47,51)(H,48,54)/b12-11+/t29-,30+,37-,38+/m1/s1. The Morgan fingerprint density at radius 3 is 2.05 bits per heavy atom. The van der Waals surface area contributed by atoms with E-state index in [9.17, 15) is 27.6 Å². The highest BCUT2D eigenvalue weighted by molar-refractivity contribution is 7.89. The van der Waals surface area contributed by atoms with Crippen molar-refractivity contribution in [2.24, 2.45) is 23.7 Å². The number of hydrogen-bond donors (Lipinski definition) is 3. The molecule has 3 amide bonds. The van der Waals surface area contributed by atoms with Gasteiger partial charge >= 0.3 is 12.1 Å². The van der Waals surface area contributed by atoms with Crippen LogP contribution in [0.25, 0.3) is 21.9 Å². The monoisotopic (exact) mass is 819 g/mol. The Morgan fingerprint density at radius 1 is 0.763 bits per heavy atom. The molecule has 59 heavy (non-hydrogen) atoms. The Morgan fingerprint density at radius 2 is 1.37 bits per heavy atom. The molecule has 1 saturated heterocycles. The molecule has 0 radical (unpaired) electrons. The van der Waals surface area contributed by atoms with E-state index in [2.05, 4.69) is 22.5 Å². The van der Waals surface area contributed by atoms with E-state index in [0.29, 0.717) is 23.4 Å². The third kappa shape index (κ3) is 8.88. The van der Waals surface area contributed by atoms with Crippen LogP contribution < -0.4 is 20.9 Å². The predicted octanol–water partition coefficient (Wildman–Crippen LogP) is 4.84. The van der Waals surface area contributed by atoms with Crippen LogP contribution in [0.1, 0.15) is 23.5 Å². The zero-order valence-corrected chi connectivity index (χ0v) is 34.0. The van der Waals surface area contributed by atoms with E-state index in [1.807, 2.05) is 104 Å². The van der Waals surface area contributed by atoms with Gasteiger partial charge in [0.15, 0.2) is 0 Å². The van der Waals surface area contributed by atoms with E-state index < -0.39 is 53.5 Å². The van der Waals surface area contributed by atoms with Gasteiger partial charge in [0.25, 0.3) is 0 Å². The average molecular weight is 820 g/mol. The van der Waals surface area contributed by atoms with Crippen molar-refractivity contribution in [1.29, 1.82) is 0 Å². The van der Waals surface area contributed by atoms with Gasteiger partial charge < -0.3 is 30.3 Å². The van der Waals surface area contributed by atoms with Crippen molar-refractivity contribution < 1.29 is 37.1 Å². The molecule has 3 aliphatic rings. The molecule has 1 saturated carbocycles. The lowest BCUT2D eigenvalue weighted by Gasteiger charge is -2.22. The van der Waals surface area contributed by atoms with Gasteiger partial charge in [-0.05, 0) is 64.5 Å². The van der Waals surface area contributed by atoms with E-state index in [4.69, 9.17) is 9.47 Å². The molecular formula is C45H49N5O8S. The van der Waals surface area contributed by atoms with Gasteiger partial charge in [-0.1, -0.05) is 91.0 Å². The summed E-state index contributed by atoms with van der Waals surface area (Å²) < 4.78 is 40.5. The summed E-state index contributed by atoms with van der Waals surface area (Å²) in [6, 6.07) is 27.0. The van der Waals surface area contributed by atoms with Crippen LogP contribution in [0.2, 0.25) is 0 Å². The number of allylic oxidation sites excluding steroid dienone is 2. The minimum Gasteiger partial charge on any atom is -0.460 e. The van der Waals surface area contributed by atoms with Crippen molar-refractivity contribution in [3.63, 3.8) is 0 Å². The van der Waals surface area contributed by atoms with Crippen LogP contribution in [0, 0.1) is 23.7 Å². The van der Waals surface area contributed by atoms with Crippen LogP contribution in [-0.4, -0.2) is 96.6 Å². The molecule has 3 N–H and O–H groups in total. The summed E-state index contributed by atoms with van der Waals surface area (Å²) in [5.74, 6) is -1.59. The highest BCUT2D eigenvalue weighted by Crippen LogP contribution is 2.49. The van der Waals surface area contributed by atoms with Gasteiger partial charge in [0.05, 0.1) is 11.4 Å². The molecule has 1 aliphatic heterocycles. The summed E-state index contributed by atoms with van der Waals surface area (Å²) in [7, 11) is 0.0863. The molecular weight excluding hydrogens is 771 g/mol. The molecule has 2 aliphatic carbocycles. The number of amides is 3. The van der Waals surface area contributed by atoms with Gasteiger partial charge in [-0.25, -0.2) is 13.2 Å². The number of esters is 1.